The molecule has 0 saturated carbocycles. The first-order valence-corrected chi connectivity index (χ1v) is 28.2. The molecule has 0 aliphatic rings. The monoisotopic (exact) mass is 1070 g/mol. The van der Waals surface area contributed by atoms with E-state index in [-0.39, 0.29) is 48.0 Å². The molecule has 0 heterocycles. The van der Waals surface area contributed by atoms with Gasteiger partial charge in [0.1, 0.15) is 0 Å². The second-order valence-corrected chi connectivity index (χ2v) is 22.9. The fraction of sp³-hybridized carbons (Fsp3) is 0.895. The Balaban J connectivity index is -0.000000273. The fourth-order valence-electron chi connectivity index (χ4n) is 7.30. The Morgan fingerprint density at radius 2 is 0.773 bits per heavy atom. The summed E-state index contributed by atoms with van der Waals surface area (Å²) in [5.41, 5.74) is 0. The smallest absolute Gasteiger partial charge is 0.241 e. The van der Waals surface area contributed by atoms with Crippen LogP contribution in [0.3, 0.4) is 0 Å². The number of amides is 6. The van der Waals surface area contributed by atoms with Crippen molar-refractivity contribution in [3.63, 3.8) is 0 Å². The van der Waals surface area contributed by atoms with E-state index in [1.54, 1.807) is 50.0 Å². The van der Waals surface area contributed by atoms with Crippen molar-refractivity contribution in [3.05, 3.63) is 0 Å². The molecule has 0 bridgehead atoms. The summed E-state index contributed by atoms with van der Waals surface area (Å²) in [5, 5.41) is 5.78. The molecule has 18 heteroatoms. The van der Waals surface area contributed by atoms with E-state index in [0.29, 0.717) is 75.5 Å². The summed E-state index contributed by atoms with van der Waals surface area (Å²) in [5.74, 6) is 3.52. The second kappa shape index (κ2) is 50.1. The number of likely N-dealkylation sites (N-methyl/N-ethyl adjacent to an activating group) is 6. The molecule has 0 aliphatic carbocycles. The number of ether oxygens (including phenoxy) is 1. The number of nitrogens with one attached hydrogen (secondary N) is 2. The Labute approximate surface area is 462 Å². The highest BCUT2D eigenvalue weighted by molar-refractivity contribution is 5.85. The van der Waals surface area contributed by atoms with Gasteiger partial charge < -0.3 is 35.0 Å². The third kappa shape index (κ3) is 56.6. The normalized spacial score (nSPS) is 11.1. The van der Waals surface area contributed by atoms with Crippen molar-refractivity contribution >= 4 is 35.4 Å². The van der Waals surface area contributed by atoms with Crippen molar-refractivity contribution in [2.24, 2.45) is 29.6 Å². The van der Waals surface area contributed by atoms with Crippen molar-refractivity contribution in [2.75, 3.05) is 175 Å². The van der Waals surface area contributed by atoms with Gasteiger partial charge in [0.15, 0.2) is 0 Å². The SMILES string of the molecule is CC(C)CN(C)CC(=O)NC(C)C.CCCN(CC(=O)N(C)C)CC(C)C.CCCNC(=O)CN(CCC)CC(C)C.CCN(CC(=O)N(C)C)C(=O)CN(C)CC(C)C.COCCN(CC(=O)N(C)C)CC(C)C. The van der Waals surface area contributed by atoms with Crippen LogP contribution in [0.4, 0.5) is 0 Å². The first kappa shape index (κ1) is 80.4. The van der Waals surface area contributed by atoms with Gasteiger partial charge in [-0.05, 0) is 96.8 Å². The Bertz CT molecular complexity index is 1430. The first-order chi connectivity index (χ1) is 34.7. The Morgan fingerprint density at radius 1 is 0.413 bits per heavy atom. The number of methoxy groups -OCH3 is 1. The van der Waals surface area contributed by atoms with Gasteiger partial charge in [0.25, 0.3) is 0 Å². The molecule has 0 rings (SSSR count). The highest BCUT2D eigenvalue weighted by Crippen LogP contribution is 2.03. The van der Waals surface area contributed by atoms with E-state index in [2.05, 4.69) is 115 Å². The summed E-state index contributed by atoms with van der Waals surface area (Å²) in [6, 6.07) is 0.236. The maximum absolute atomic E-state index is 12.0. The van der Waals surface area contributed by atoms with Crippen LogP contribution in [0.1, 0.15) is 130 Å². The van der Waals surface area contributed by atoms with Crippen LogP contribution >= 0.6 is 0 Å². The van der Waals surface area contributed by atoms with Crippen LogP contribution in [0.15, 0.2) is 0 Å². The Morgan fingerprint density at radius 3 is 1.09 bits per heavy atom. The molecule has 448 valence electrons. The minimum atomic E-state index is -0.0447. The van der Waals surface area contributed by atoms with E-state index in [9.17, 15) is 28.8 Å². The topological polar surface area (TPSA) is 165 Å². The molecular formula is C57H123N11O7. The van der Waals surface area contributed by atoms with Crippen LogP contribution in [0.25, 0.3) is 0 Å². The predicted molar refractivity (Wildman–Crippen MR) is 316 cm³/mol. The van der Waals surface area contributed by atoms with Crippen LogP contribution in [0.5, 0.6) is 0 Å². The molecule has 0 saturated heterocycles. The number of rotatable bonds is 33. The molecule has 0 aromatic carbocycles. The molecular weight excluding hydrogens is 951 g/mol. The molecule has 2 N–H and O–H groups in total. The molecule has 0 aromatic heterocycles. The zero-order valence-electron chi connectivity index (χ0n) is 53.5. The van der Waals surface area contributed by atoms with Crippen LogP contribution in [0.2, 0.25) is 0 Å². The van der Waals surface area contributed by atoms with E-state index in [4.69, 9.17) is 4.74 Å². The molecule has 6 amide bonds. The van der Waals surface area contributed by atoms with Crippen LogP contribution in [-0.4, -0.2) is 260 Å². The molecule has 0 unspecified atom stereocenters. The van der Waals surface area contributed by atoms with E-state index < -0.39 is 0 Å². The summed E-state index contributed by atoms with van der Waals surface area (Å²) in [4.78, 5) is 86.5. The summed E-state index contributed by atoms with van der Waals surface area (Å²) in [6.45, 7) is 46.1. The van der Waals surface area contributed by atoms with Crippen molar-refractivity contribution in [2.45, 2.75) is 136 Å². The van der Waals surface area contributed by atoms with Crippen molar-refractivity contribution in [1.82, 2.24) is 54.7 Å². The van der Waals surface area contributed by atoms with Crippen molar-refractivity contribution in [1.29, 1.82) is 0 Å². The Kier molecular flexibility index (Phi) is 53.7. The summed E-state index contributed by atoms with van der Waals surface area (Å²) >= 11 is 0. The molecule has 75 heavy (non-hydrogen) atoms. The molecule has 0 aromatic rings. The standard InChI is InChI=1S/C13H27N3O2.C12H26N2O.C11H24N2O2.C11H24N2O.C10H22N2O/c1-7-16(10-12(17)14(4)5)13(18)9-15(6)8-11(2)3;1-5-7-13-12(15)10-14(8-6-2)9-11(3)4;1-10(2)8-13(6-7-15-5)9-11(14)12(3)4;1-6-7-13(8-10(2)3)9-11(14)12(4)5;1-8(2)6-12(5)7-10(13)11-9(3)4/h11H,7-10H2,1-6H3;11H,5-10H2,1-4H3,(H,13,15);10H,6-9H2,1-5H3;10H,6-9H2,1-5H3;8-9H,6-7H2,1-5H3,(H,11,13). The number of hydrogen-bond donors (Lipinski definition) is 2. The van der Waals surface area contributed by atoms with Gasteiger partial charge in [-0.1, -0.05) is 90.0 Å². The third-order valence-corrected chi connectivity index (χ3v) is 10.4. The lowest BCUT2D eigenvalue weighted by Gasteiger charge is -2.25. The van der Waals surface area contributed by atoms with Crippen LogP contribution in [0, 0.1) is 29.6 Å². The number of carbonyl (C=O) groups is 6. The lowest BCUT2D eigenvalue weighted by Crippen LogP contribution is -2.44. The molecule has 0 atom stereocenters. The van der Waals surface area contributed by atoms with E-state index in [1.165, 1.54) is 4.90 Å². The number of nitrogens with zero attached hydrogens (tertiary/aromatic N) is 9. The van der Waals surface area contributed by atoms with Gasteiger partial charge >= 0.3 is 0 Å². The third-order valence-electron chi connectivity index (χ3n) is 10.4. The van der Waals surface area contributed by atoms with Gasteiger partial charge in [-0.15, -0.1) is 0 Å². The largest absolute Gasteiger partial charge is 0.383 e. The maximum atomic E-state index is 12.0. The average molecular weight is 1070 g/mol. The highest BCUT2D eigenvalue weighted by Gasteiger charge is 2.19. The predicted octanol–water partition coefficient (Wildman–Crippen LogP) is 5.61. The zero-order valence-corrected chi connectivity index (χ0v) is 53.5. The van der Waals surface area contributed by atoms with Gasteiger partial charge in [0, 0.05) is 108 Å². The van der Waals surface area contributed by atoms with Gasteiger partial charge in [0.2, 0.25) is 35.4 Å². The number of hydrogen-bond acceptors (Lipinski definition) is 12. The average Bonchev–Trinajstić information content (AvgIpc) is 3.25. The van der Waals surface area contributed by atoms with Crippen molar-refractivity contribution in [3.8, 4) is 0 Å². The lowest BCUT2D eigenvalue weighted by atomic mass is 10.2. The van der Waals surface area contributed by atoms with Gasteiger partial charge in [-0.25, -0.2) is 0 Å². The second-order valence-electron chi connectivity index (χ2n) is 22.9. The van der Waals surface area contributed by atoms with Crippen LogP contribution < -0.4 is 10.6 Å². The van der Waals surface area contributed by atoms with Gasteiger partial charge in [0.05, 0.1) is 45.9 Å². The fourth-order valence-corrected chi connectivity index (χ4v) is 7.30. The minimum absolute atomic E-state index is 0.0100. The zero-order chi connectivity index (χ0) is 59.4. The van der Waals surface area contributed by atoms with E-state index >= 15 is 0 Å². The highest BCUT2D eigenvalue weighted by atomic mass is 16.5. The molecule has 0 fully saturated rings. The summed E-state index contributed by atoms with van der Waals surface area (Å²) in [7, 11) is 16.2. The lowest BCUT2D eigenvalue weighted by molar-refractivity contribution is -0.139. The molecule has 18 nitrogen and oxygen atoms in total. The van der Waals surface area contributed by atoms with Crippen molar-refractivity contribution < 1.29 is 33.5 Å². The number of carbonyl (C=O) groups excluding carboxylic acids is 6. The Hall–Kier alpha value is -3.42. The molecule has 0 aliphatic heterocycles. The van der Waals surface area contributed by atoms with E-state index in [1.807, 2.05) is 58.8 Å². The quantitative estimate of drug-likeness (QED) is 0.0837. The summed E-state index contributed by atoms with van der Waals surface area (Å²) in [6.07, 6.45) is 3.21. The maximum Gasteiger partial charge on any atom is 0.241 e. The van der Waals surface area contributed by atoms with Crippen LogP contribution in [-0.2, 0) is 33.5 Å². The van der Waals surface area contributed by atoms with Gasteiger partial charge in [-0.2, -0.15) is 0 Å². The van der Waals surface area contributed by atoms with Gasteiger partial charge in [-0.3, -0.25) is 53.3 Å². The first-order valence-electron chi connectivity index (χ1n) is 28.2. The minimum Gasteiger partial charge on any atom is -0.383 e. The summed E-state index contributed by atoms with van der Waals surface area (Å²) < 4.78 is 5.03. The molecule has 0 radical (unpaired) electrons. The molecule has 0 spiro atoms. The van der Waals surface area contributed by atoms with E-state index in [0.717, 1.165) is 78.2 Å².